The molecule has 0 spiro atoms. The average Bonchev–Trinajstić information content (AvgIpc) is 2.57. The van der Waals surface area contributed by atoms with E-state index in [2.05, 4.69) is 6.07 Å². The number of benzene rings is 2. The van der Waals surface area contributed by atoms with Crippen molar-refractivity contribution in [3.05, 3.63) is 71.8 Å². The number of rotatable bonds is 2. The first-order valence-electron chi connectivity index (χ1n) is 9.61. The van der Waals surface area contributed by atoms with Crippen LogP contribution in [0, 0.1) is 13.0 Å². The maximum absolute atomic E-state index is 10.3. The minimum absolute atomic E-state index is 0. The molecule has 0 saturated carbocycles. The first-order chi connectivity index (χ1) is 13.4. The van der Waals surface area contributed by atoms with Gasteiger partial charge in [0.1, 0.15) is 0 Å². The summed E-state index contributed by atoms with van der Waals surface area (Å²) in [4.78, 5) is 10.3. The summed E-state index contributed by atoms with van der Waals surface area (Å²) in [6.45, 7) is 12.3. The average molecular weight is 455 g/mol. The topological polar surface area (TPSA) is 98.0 Å². The smallest absolute Gasteiger partial charge is 0.307 e. The van der Waals surface area contributed by atoms with Gasteiger partial charge in [-0.05, 0) is 54.0 Å². The Kier molecular flexibility index (Phi) is 30.6. The summed E-state index contributed by atoms with van der Waals surface area (Å²) in [6.07, 6.45) is -0.389. The van der Waals surface area contributed by atoms with E-state index in [1.807, 2.05) is 61.5 Å². The minimum Gasteiger partial charge on any atom is -0.481 e. The molecule has 0 atom stereocenters. The largest absolute Gasteiger partial charge is 0.481 e. The van der Waals surface area contributed by atoms with Crippen LogP contribution in [0.2, 0.25) is 0 Å². The monoisotopic (exact) mass is 455 g/mol. The Morgan fingerprint density at radius 3 is 1.33 bits per heavy atom. The van der Waals surface area contributed by atoms with E-state index in [0.717, 1.165) is 11.1 Å². The summed E-state index contributed by atoms with van der Waals surface area (Å²) >= 11 is 0. The van der Waals surface area contributed by atoms with E-state index in [-0.39, 0.29) is 46.5 Å². The van der Waals surface area contributed by atoms with Gasteiger partial charge in [-0.3, -0.25) is 4.79 Å². The zero-order valence-corrected chi connectivity index (χ0v) is 20.9. The van der Waals surface area contributed by atoms with E-state index < -0.39 is 5.97 Å². The molecular weight excluding hydrogens is 416 g/mol. The van der Waals surface area contributed by atoms with Gasteiger partial charge >= 0.3 is 5.97 Å². The number of carboxylic acids is 1. The molecule has 0 bridgehead atoms. The van der Waals surface area contributed by atoms with Crippen molar-refractivity contribution in [2.75, 3.05) is 0 Å². The van der Waals surface area contributed by atoms with Gasteiger partial charge in [0, 0.05) is 40.0 Å². The molecule has 0 aliphatic rings. The van der Waals surface area contributed by atoms with E-state index in [1.165, 1.54) is 0 Å². The molecular formula is C24H39O5Ti-. The van der Waals surface area contributed by atoms with E-state index in [1.54, 1.807) is 41.5 Å². The Labute approximate surface area is 197 Å². The summed E-state index contributed by atoms with van der Waals surface area (Å²) in [5, 5.41) is 32.6. The second kappa shape index (κ2) is 25.5. The molecule has 2 rings (SSSR count). The van der Waals surface area contributed by atoms with E-state index in [0.29, 0.717) is 0 Å². The number of hydrogen-bond donors (Lipinski definition) is 4. The molecule has 6 heteroatoms. The summed E-state index contributed by atoms with van der Waals surface area (Å²) in [5.74, 6) is -0.783. The van der Waals surface area contributed by atoms with E-state index in [4.69, 9.17) is 20.4 Å². The molecule has 5 nitrogen and oxygen atoms in total. The normalized spacial score (nSPS) is 8.70. The van der Waals surface area contributed by atoms with Gasteiger partial charge in [-0.15, -0.1) is 0 Å². The Morgan fingerprint density at radius 2 is 1.13 bits per heavy atom. The van der Waals surface area contributed by atoms with Crippen LogP contribution in [0.25, 0.3) is 0 Å². The van der Waals surface area contributed by atoms with Crippen LogP contribution in [0.3, 0.4) is 0 Å². The number of aliphatic hydroxyl groups is 3. The molecule has 2 aromatic rings. The maximum Gasteiger partial charge on any atom is 0.307 e. The zero-order valence-electron chi connectivity index (χ0n) is 19.3. The second-order valence-electron chi connectivity index (χ2n) is 6.91. The molecule has 4 N–H and O–H groups in total. The van der Waals surface area contributed by atoms with E-state index >= 15 is 0 Å². The number of carboxylic acid groups (broad SMARTS) is 1. The van der Waals surface area contributed by atoms with Crippen molar-refractivity contribution in [3.8, 4) is 0 Å². The maximum atomic E-state index is 10.3. The number of aliphatic carboxylic acids is 1. The third-order valence-corrected chi connectivity index (χ3v) is 2.08. The van der Waals surface area contributed by atoms with Gasteiger partial charge in [-0.1, -0.05) is 29.8 Å². The molecule has 0 aromatic heterocycles. The zero-order chi connectivity index (χ0) is 23.2. The van der Waals surface area contributed by atoms with Crippen molar-refractivity contribution in [1.29, 1.82) is 0 Å². The van der Waals surface area contributed by atoms with Crippen LogP contribution in [0.4, 0.5) is 0 Å². The number of aliphatic hydroxyl groups excluding tert-OH is 3. The fraction of sp³-hybridized carbons (Fsp3) is 0.458. The van der Waals surface area contributed by atoms with Crippen LogP contribution in [0.15, 0.2) is 54.6 Å². The number of hydrogen-bond acceptors (Lipinski definition) is 4. The minimum atomic E-state index is -0.783. The quantitative estimate of drug-likeness (QED) is 0.401. The van der Waals surface area contributed by atoms with Crippen LogP contribution >= 0.6 is 0 Å². The van der Waals surface area contributed by atoms with Crippen molar-refractivity contribution in [3.63, 3.8) is 0 Å². The first-order valence-corrected chi connectivity index (χ1v) is 9.61. The van der Waals surface area contributed by atoms with Gasteiger partial charge < -0.3 is 20.4 Å². The van der Waals surface area contributed by atoms with Crippen LogP contribution in [-0.2, 0) is 32.9 Å². The van der Waals surface area contributed by atoms with Gasteiger partial charge in [0.2, 0.25) is 0 Å². The summed E-state index contributed by atoms with van der Waals surface area (Å²) < 4.78 is 0. The molecule has 170 valence electrons. The third kappa shape index (κ3) is 50.3. The third-order valence-electron chi connectivity index (χ3n) is 2.08. The fourth-order valence-electron chi connectivity index (χ4n) is 1.22. The van der Waals surface area contributed by atoms with Gasteiger partial charge in [0.25, 0.3) is 0 Å². The van der Waals surface area contributed by atoms with Crippen molar-refractivity contribution in [2.24, 2.45) is 0 Å². The SMILES string of the molecule is CC(C)O.CC(C)O.CC(C)O.Cc1ccc(CC(=O)O)cc1.[Ti].[c-]1ccccc1. The molecule has 30 heavy (non-hydrogen) atoms. The Hall–Kier alpha value is -1.50. The van der Waals surface area contributed by atoms with Crippen molar-refractivity contribution < 1.29 is 46.9 Å². The Bertz CT molecular complexity index is 521. The predicted molar refractivity (Wildman–Crippen MR) is 120 cm³/mol. The van der Waals surface area contributed by atoms with Crippen molar-refractivity contribution in [1.82, 2.24) is 0 Å². The van der Waals surface area contributed by atoms with Gasteiger partial charge in [0.05, 0.1) is 6.42 Å². The molecule has 0 aliphatic heterocycles. The predicted octanol–water partition coefficient (Wildman–Crippen LogP) is 4.27. The van der Waals surface area contributed by atoms with Crippen LogP contribution < -0.4 is 0 Å². The Balaban J connectivity index is -0.000000153. The second-order valence-corrected chi connectivity index (χ2v) is 6.91. The van der Waals surface area contributed by atoms with Gasteiger partial charge in [-0.25, -0.2) is 0 Å². The Morgan fingerprint density at radius 1 is 0.800 bits per heavy atom. The molecule has 0 saturated heterocycles. The number of aryl methyl sites for hydroxylation is 1. The summed E-state index contributed by atoms with van der Waals surface area (Å²) in [6, 6.07) is 20.0. The van der Waals surface area contributed by atoms with Gasteiger partial charge in [-0.2, -0.15) is 36.4 Å². The summed E-state index contributed by atoms with van der Waals surface area (Å²) in [7, 11) is 0. The molecule has 0 fully saturated rings. The standard InChI is InChI=1S/C9H10O2.C6H5.3C3H8O.Ti/c1-7-2-4-8(5-3-7)6-9(10)11;1-2-4-6-5-3-1;3*1-3(2)4;/h2-5H,6H2,1H3,(H,10,11);1-5H;3*3-4H,1-2H3;/q;-1;;;;. The van der Waals surface area contributed by atoms with Crippen LogP contribution in [0.5, 0.6) is 0 Å². The number of carbonyl (C=O) groups is 1. The van der Waals surface area contributed by atoms with Crippen LogP contribution in [-0.4, -0.2) is 44.7 Å². The van der Waals surface area contributed by atoms with Gasteiger partial charge in [0.15, 0.2) is 0 Å². The molecule has 0 heterocycles. The first kappa shape index (κ1) is 35.9. The fourth-order valence-corrected chi connectivity index (χ4v) is 1.22. The molecule has 2 aromatic carbocycles. The molecule has 0 unspecified atom stereocenters. The molecule has 0 radical (unpaired) electrons. The molecule has 0 aliphatic carbocycles. The van der Waals surface area contributed by atoms with Crippen molar-refractivity contribution in [2.45, 2.75) is 73.2 Å². The van der Waals surface area contributed by atoms with E-state index in [9.17, 15) is 4.79 Å². The molecule has 0 amide bonds. The van der Waals surface area contributed by atoms with Crippen LogP contribution in [0.1, 0.15) is 52.7 Å². The summed E-state index contributed by atoms with van der Waals surface area (Å²) in [5.41, 5.74) is 2.00. The van der Waals surface area contributed by atoms with Crippen molar-refractivity contribution >= 4 is 5.97 Å².